The van der Waals surface area contributed by atoms with E-state index in [0.717, 1.165) is 17.7 Å². The second-order valence-electron chi connectivity index (χ2n) is 4.38. The zero-order chi connectivity index (χ0) is 14.0. The third-order valence-electron chi connectivity index (χ3n) is 3.04. The lowest BCUT2D eigenvalue weighted by Crippen LogP contribution is -2.06. The molecule has 1 nitrogen and oxygen atoms in total. The summed E-state index contributed by atoms with van der Waals surface area (Å²) in [4.78, 5) is 0. The lowest BCUT2D eigenvalue weighted by Gasteiger charge is -2.15. The average molecular weight is 266 g/mol. The van der Waals surface area contributed by atoms with Crippen LogP contribution in [0.2, 0.25) is 0 Å². The first kappa shape index (κ1) is 13.6. The van der Waals surface area contributed by atoms with Crippen molar-refractivity contribution in [2.24, 2.45) is 0 Å². The van der Waals surface area contributed by atoms with Gasteiger partial charge in [0.2, 0.25) is 0 Å². The predicted molar refractivity (Wildman–Crippen MR) is 66.7 cm³/mol. The van der Waals surface area contributed by atoms with Crippen molar-refractivity contribution < 1.29 is 18.3 Å². The molecule has 0 amide bonds. The van der Waals surface area contributed by atoms with Gasteiger partial charge in [0.1, 0.15) is 6.10 Å². The van der Waals surface area contributed by atoms with Gasteiger partial charge in [0.15, 0.2) is 0 Å². The van der Waals surface area contributed by atoms with Crippen LogP contribution in [0.1, 0.15) is 28.4 Å². The van der Waals surface area contributed by atoms with Crippen LogP contribution < -0.4 is 0 Å². The summed E-state index contributed by atoms with van der Waals surface area (Å²) in [5, 5.41) is 10.2. The van der Waals surface area contributed by atoms with E-state index in [9.17, 15) is 18.3 Å². The fourth-order valence-corrected chi connectivity index (χ4v) is 1.93. The van der Waals surface area contributed by atoms with Gasteiger partial charge in [-0.25, -0.2) is 0 Å². The van der Waals surface area contributed by atoms with Gasteiger partial charge >= 0.3 is 6.18 Å². The summed E-state index contributed by atoms with van der Waals surface area (Å²) in [5.74, 6) is 0. The molecule has 2 rings (SSSR count). The van der Waals surface area contributed by atoms with Crippen LogP contribution in [0.25, 0.3) is 0 Å². The normalized spacial score (nSPS) is 13.3. The fraction of sp³-hybridized carbons (Fsp3) is 0.200. The molecular weight excluding hydrogens is 253 g/mol. The highest BCUT2D eigenvalue weighted by molar-refractivity contribution is 5.36. The molecule has 0 saturated carbocycles. The minimum atomic E-state index is -4.36. The van der Waals surface area contributed by atoms with Gasteiger partial charge in [0.05, 0.1) is 5.56 Å². The van der Waals surface area contributed by atoms with Crippen molar-refractivity contribution in [1.82, 2.24) is 0 Å². The topological polar surface area (TPSA) is 20.2 Å². The maximum Gasteiger partial charge on any atom is 0.416 e. The van der Waals surface area contributed by atoms with Crippen LogP contribution in [0.15, 0.2) is 48.5 Å². The van der Waals surface area contributed by atoms with E-state index < -0.39 is 17.8 Å². The van der Waals surface area contributed by atoms with Crippen molar-refractivity contribution in [3.8, 4) is 0 Å². The molecule has 0 aromatic heterocycles. The number of halogens is 3. The van der Waals surface area contributed by atoms with Gasteiger partial charge in [-0.2, -0.15) is 13.2 Å². The van der Waals surface area contributed by atoms with E-state index in [1.807, 2.05) is 19.1 Å². The molecule has 0 bridgehead atoms. The molecule has 2 aromatic rings. The molecule has 0 aliphatic rings. The first-order valence-electron chi connectivity index (χ1n) is 5.80. The molecule has 0 spiro atoms. The predicted octanol–water partition coefficient (Wildman–Crippen LogP) is 4.10. The van der Waals surface area contributed by atoms with Crippen molar-refractivity contribution in [2.45, 2.75) is 19.2 Å². The van der Waals surface area contributed by atoms with E-state index in [-0.39, 0.29) is 0 Å². The second-order valence-corrected chi connectivity index (χ2v) is 4.38. The smallest absolute Gasteiger partial charge is 0.384 e. The van der Waals surface area contributed by atoms with E-state index in [1.165, 1.54) is 12.1 Å². The zero-order valence-electron chi connectivity index (χ0n) is 10.3. The summed E-state index contributed by atoms with van der Waals surface area (Å²) in [6.45, 7) is 1.85. The van der Waals surface area contributed by atoms with Gasteiger partial charge in [0, 0.05) is 0 Å². The van der Waals surface area contributed by atoms with Crippen LogP contribution in [0.5, 0.6) is 0 Å². The van der Waals surface area contributed by atoms with Gasteiger partial charge < -0.3 is 5.11 Å². The van der Waals surface area contributed by atoms with Crippen molar-refractivity contribution in [2.75, 3.05) is 0 Å². The van der Waals surface area contributed by atoms with E-state index in [4.69, 9.17) is 0 Å². The SMILES string of the molecule is Cc1ccccc1C(O)c1ccc(C(F)(F)F)cc1. The molecule has 0 radical (unpaired) electrons. The highest BCUT2D eigenvalue weighted by Crippen LogP contribution is 2.31. The number of rotatable bonds is 2. The van der Waals surface area contributed by atoms with Crippen LogP contribution >= 0.6 is 0 Å². The lowest BCUT2D eigenvalue weighted by molar-refractivity contribution is -0.137. The third kappa shape index (κ3) is 2.96. The molecule has 0 fully saturated rings. The number of hydrogen-bond acceptors (Lipinski definition) is 1. The molecule has 100 valence electrons. The Labute approximate surface area is 109 Å². The molecule has 0 saturated heterocycles. The number of aliphatic hydroxyl groups is 1. The third-order valence-corrected chi connectivity index (χ3v) is 3.04. The summed E-state index contributed by atoms with van der Waals surface area (Å²) >= 11 is 0. The first-order chi connectivity index (χ1) is 8.89. The fourth-order valence-electron chi connectivity index (χ4n) is 1.93. The molecule has 4 heteroatoms. The first-order valence-corrected chi connectivity index (χ1v) is 5.80. The van der Waals surface area contributed by atoms with E-state index in [0.29, 0.717) is 11.1 Å². The van der Waals surface area contributed by atoms with Crippen LogP contribution in [0.3, 0.4) is 0 Å². The molecule has 0 heterocycles. The van der Waals surface area contributed by atoms with Crippen molar-refractivity contribution in [3.05, 3.63) is 70.8 Å². The Kier molecular flexibility index (Phi) is 3.62. The van der Waals surface area contributed by atoms with E-state index in [1.54, 1.807) is 12.1 Å². The number of aliphatic hydroxyl groups excluding tert-OH is 1. The molecule has 2 aromatic carbocycles. The summed E-state index contributed by atoms with van der Waals surface area (Å²) in [7, 11) is 0. The Balaban J connectivity index is 2.31. The lowest BCUT2D eigenvalue weighted by atomic mass is 9.97. The van der Waals surface area contributed by atoms with Crippen LogP contribution in [0, 0.1) is 6.92 Å². The second kappa shape index (κ2) is 5.05. The number of aryl methyl sites for hydroxylation is 1. The van der Waals surface area contributed by atoms with Crippen LogP contribution in [-0.4, -0.2) is 5.11 Å². The number of benzene rings is 2. The van der Waals surface area contributed by atoms with Crippen molar-refractivity contribution in [3.63, 3.8) is 0 Å². The Morgan fingerprint density at radius 3 is 2.05 bits per heavy atom. The molecular formula is C15H13F3O. The average Bonchev–Trinajstić information content (AvgIpc) is 2.38. The van der Waals surface area contributed by atoms with E-state index >= 15 is 0 Å². The minimum absolute atomic E-state index is 0.447. The number of hydrogen-bond donors (Lipinski definition) is 1. The summed E-state index contributed by atoms with van der Waals surface area (Å²) in [5.41, 5.74) is 1.33. The van der Waals surface area contributed by atoms with Gasteiger partial charge in [-0.1, -0.05) is 36.4 Å². The molecule has 1 atom stereocenters. The summed E-state index contributed by atoms with van der Waals surface area (Å²) < 4.78 is 37.3. The van der Waals surface area contributed by atoms with Crippen molar-refractivity contribution in [1.29, 1.82) is 0 Å². The van der Waals surface area contributed by atoms with Crippen LogP contribution in [-0.2, 0) is 6.18 Å². The van der Waals surface area contributed by atoms with E-state index in [2.05, 4.69) is 0 Å². The molecule has 0 aliphatic heterocycles. The quantitative estimate of drug-likeness (QED) is 0.867. The Morgan fingerprint density at radius 1 is 0.947 bits per heavy atom. The zero-order valence-corrected chi connectivity index (χ0v) is 10.3. The minimum Gasteiger partial charge on any atom is -0.384 e. The highest BCUT2D eigenvalue weighted by Gasteiger charge is 2.30. The van der Waals surface area contributed by atoms with Gasteiger partial charge in [-0.3, -0.25) is 0 Å². The Morgan fingerprint density at radius 2 is 1.53 bits per heavy atom. The van der Waals surface area contributed by atoms with Gasteiger partial charge in [0.25, 0.3) is 0 Å². The summed E-state index contributed by atoms with van der Waals surface area (Å²) in [6.07, 6.45) is -5.27. The molecule has 1 N–H and O–H groups in total. The Hall–Kier alpha value is -1.81. The highest BCUT2D eigenvalue weighted by atomic mass is 19.4. The number of alkyl halides is 3. The van der Waals surface area contributed by atoms with Crippen LogP contribution in [0.4, 0.5) is 13.2 Å². The summed E-state index contributed by atoms with van der Waals surface area (Å²) in [6, 6.07) is 11.8. The maximum absolute atomic E-state index is 12.4. The standard InChI is InChI=1S/C15H13F3O/c1-10-4-2-3-5-13(10)14(19)11-6-8-12(9-7-11)15(16,17)18/h2-9,14,19H,1H3. The van der Waals surface area contributed by atoms with Crippen molar-refractivity contribution >= 4 is 0 Å². The monoisotopic (exact) mass is 266 g/mol. The maximum atomic E-state index is 12.4. The molecule has 19 heavy (non-hydrogen) atoms. The van der Waals surface area contributed by atoms with Gasteiger partial charge in [-0.05, 0) is 35.7 Å². The molecule has 1 unspecified atom stereocenters. The molecule has 0 aliphatic carbocycles. The Bertz CT molecular complexity index is 558. The van der Waals surface area contributed by atoms with Gasteiger partial charge in [-0.15, -0.1) is 0 Å². The largest absolute Gasteiger partial charge is 0.416 e.